The number of hydroxylamine groups is 1. The minimum Gasteiger partial charge on any atom is -0.475 e. The Bertz CT molecular complexity index is 953. The molecule has 192 valence electrons. The average Bonchev–Trinajstić information content (AvgIpc) is 2.83. The van der Waals surface area contributed by atoms with Gasteiger partial charge in [0.05, 0.1) is 0 Å². The zero-order valence-electron chi connectivity index (χ0n) is 18.6. The number of aliphatic hydroxyl groups is 1. The lowest BCUT2D eigenvalue weighted by Gasteiger charge is -2.23. The smallest absolute Gasteiger partial charge is 0.475 e. The number of urea groups is 1. The van der Waals surface area contributed by atoms with E-state index >= 15 is 0 Å². The summed E-state index contributed by atoms with van der Waals surface area (Å²) in [5.41, 5.74) is 9.98. The van der Waals surface area contributed by atoms with Gasteiger partial charge in [0.1, 0.15) is 0 Å². The predicted molar refractivity (Wildman–Crippen MR) is 119 cm³/mol. The molecule has 0 aliphatic rings. The number of nitrogens with two attached hydrogens (primary N) is 1. The van der Waals surface area contributed by atoms with Crippen molar-refractivity contribution >= 4 is 23.6 Å². The Balaban J connectivity index is 0.000000762. The number of carboxylic acid groups (broad SMARTS) is 1. The summed E-state index contributed by atoms with van der Waals surface area (Å²) in [7, 11) is 0. The van der Waals surface area contributed by atoms with Gasteiger partial charge in [0.25, 0.3) is 5.91 Å². The van der Waals surface area contributed by atoms with Crippen LogP contribution in [0.15, 0.2) is 48.5 Å². The molecule has 2 aromatic rings. The fraction of sp³-hybridized carbons (Fsp3) is 0.318. The highest BCUT2D eigenvalue weighted by Crippen LogP contribution is 2.14. The molecule has 0 radical (unpaired) electrons. The molecule has 2 rings (SSSR count). The van der Waals surface area contributed by atoms with Crippen LogP contribution in [0.2, 0.25) is 0 Å². The van der Waals surface area contributed by atoms with E-state index in [1.807, 2.05) is 12.1 Å². The van der Waals surface area contributed by atoms with Crippen LogP contribution in [0.5, 0.6) is 0 Å². The summed E-state index contributed by atoms with van der Waals surface area (Å²) >= 11 is 0. The molecule has 0 spiro atoms. The van der Waals surface area contributed by atoms with Crippen LogP contribution in [0.4, 0.5) is 23.7 Å². The van der Waals surface area contributed by atoms with Gasteiger partial charge in [-0.1, -0.05) is 24.3 Å². The van der Waals surface area contributed by atoms with Crippen molar-refractivity contribution in [3.05, 3.63) is 65.2 Å². The summed E-state index contributed by atoms with van der Waals surface area (Å²) in [6.07, 6.45) is -3.81. The van der Waals surface area contributed by atoms with Crippen molar-refractivity contribution in [3.8, 4) is 0 Å². The van der Waals surface area contributed by atoms with E-state index in [0.29, 0.717) is 43.7 Å². The van der Waals surface area contributed by atoms with Gasteiger partial charge in [-0.05, 0) is 48.2 Å². The minimum atomic E-state index is -5.08. The molecule has 0 atom stereocenters. The minimum absolute atomic E-state index is 0.0704. The number of aliphatic hydroxyl groups excluding tert-OH is 1. The Morgan fingerprint density at radius 2 is 1.49 bits per heavy atom. The van der Waals surface area contributed by atoms with Gasteiger partial charge in [-0.3, -0.25) is 10.0 Å². The van der Waals surface area contributed by atoms with Crippen LogP contribution in [0.25, 0.3) is 0 Å². The normalized spacial score (nSPS) is 10.6. The Kier molecular flexibility index (Phi) is 12.2. The molecule has 0 aliphatic heterocycles. The molecule has 0 saturated heterocycles. The van der Waals surface area contributed by atoms with Crippen LogP contribution in [0.1, 0.15) is 34.3 Å². The molecule has 0 unspecified atom stereocenters. The number of carboxylic acids is 1. The topological polar surface area (TPSA) is 165 Å². The summed E-state index contributed by atoms with van der Waals surface area (Å²) in [6, 6.07) is 13.7. The van der Waals surface area contributed by atoms with Gasteiger partial charge in [0.15, 0.2) is 0 Å². The third-order valence-electron chi connectivity index (χ3n) is 4.50. The number of rotatable bonds is 9. The molecule has 0 fully saturated rings. The van der Waals surface area contributed by atoms with Crippen LogP contribution in [-0.4, -0.2) is 57.6 Å². The molecule has 0 heterocycles. The lowest BCUT2D eigenvalue weighted by Crippen LogP contribution is -2.35. The zero-order chi connectivity index (χ0) is 26.4. The van der Waals surface area contributed by atoms with Gasteiger partial charge in [-0.15, -0.1) is 0 Å². The largest absolute Gasteiger partial charge is 0.490 e. The van der Waals surface area contributed by atoms with Gasteiger partial charge in [0, 0.05) is 37.5 Å². The first kappa shape index (κ1) is 29.4. The second kappa shape index (κ2) is 14.6. The molecule has 0 aromatic heterocycles. The lowest BCUT2D eigenvalue weighted by atomic mass is 10.1. The SMILES string of the molecule is NCc1ccc(NC(=O)N(CCCCO)Cc2ccc(C(=O)NO)cc2)cc1.O=C(O)C(F)(F)F. The van der Waals surface area contributed by atoms with E-state index in [1.54, 1.807) is 46.8 Å². The number of anilines is 1. The third kappa shape index (κ3) is 10.9. The van der Waals surface area contributed by atoms with Crippen LogP contribution in [0.3, 0.4) is 0 Å². The summed E-state index contributed by atoms with van der Waals surface area (Å²) < 4.78 is 31.7. The van der Waals surface area contributed by atoms with Crippen molar-refractivity contribution in [1.82, 2.24) is 10.4 Å². The van der Waals surface area contributed by atoms with Gasteiger partial charge in [-0.25, -0.2) is 15.1 Å². The molecule has 10 nitrogen and oxygen atoms in total. The Morgan fingerprint density at radius 3 is 1.94 bits per heavy atom. The number of carbonyl (C=O) groups is 3. The van der Waals surface area contributed by atoms with Crippen LogP contribution in [0, 0.1) is 0 Å². The number of alkyl halides is 3. The van der Waals surface area contributed by atoms with E-state index in [-0.39, 0.29) is 12.6 Å². The van der Waals surface area contributed by atoms with Crippen molar-refractivity contribution in [2.75, 3.05) is 18.5 Å². The van der Waals surface area contributed by atoms with Crippen molar-refractivity contribution in [1.29, 1.82) is 0 Å². The maximum Gasteiger partial charge on any atom is 0.490 e. The maximum absolute atomic E-state index is 12.7. The van der Waals surface area contributed by atoms with E-state index in [1.165, 1.54) is 0 Å². The lowest BCUT2D eigenvalue weighted by molar-refractivity contribution is -0.192. The maximum atomic E-state index is 12.7. The van der Waals surface area contributed by atoms with Crippen LogP contribution in [-0.2, 0) is 17.9 Å². The molecule has 35 heavy (non-hydrogen) atoms. The van der Waals surface area contributed by atoms with Crippen LogP contribution >= 0.6 is 0 Å². The van der Waals surface area contributed by atoms with E-state index in [2.05, 4.69) is 5.32 Å². The monoisotopic (exact) mass is 500 g/mol. The van der Waals surface area contributed by atoms with E-state index in [0.717, 1.165) is 11.1 Å². The van der Waals surface area contributed by atoms with E-state index in [9.17, 15) is 22.8 Å². The van der Waals surface area contributed by atoms with Crippen molar-refractivity contribution in [3.63, 3.8) is 0 Å². The quantitative estimate of drug-likeness (QED) is 0.175. The number of hydrogen-bond donors (Lipinski definition) is 6. The molecule has 0 aliphatic carbocycles. The number of benzene rings is 2. The number of hydrogen-bond acceptors (Lipinski definition) is 6. The van der Waals surface area contributed by atoms with Crippen molar-refractivity contribution < 1.29 is 43.0 Å². The van der Waals surface area contributed by atoms with Gasteiger partial charge in [0.2, 0.25) is 0 Å². The summed E-state index contributed by atoms with van der Waals surface area (Å²) in [5, 5.41) is 27.7. The second-order valence-corrected chi connectivity index (χ2v) is 7.12. The van der Waals surface area contributed by atoms with Gasteiger partial charge in [-0.2, -0.15) is 13.2 Å². The molecular weight excluding hydrogens is 473 g/mol. The Labute approximate surface area is 199 Å². The highest BCUT2D eigenvalue weighted by atomic mass is 19.4. The molecular formula is C22H27F3N4O6. The first-order valence-electron chi connectivity index (χ1n) is 10.3. The molecule has 13 heteroatoms. The summed E-state index contributed by atoms with van der Waals surface area (Å²) in [4.78, 5) is 34.7. The molecule has 7 N–H and O–H groups in total. The van der Waals surface area contributed by atoms with Crippen LogP contribution < -0.4 is 16.5 Å². The van der Waals surface area contributed by atoms with E-state index in [4.69, 9.17) is 25.9 Å². The third-order valence-corrected chi connectivity index (χ3v) is 4.50. The number of amides is 3. The first-order chi connectivity index (χ1) is 16.5. The van der Waals surface area contributed by atoms with Gasteiger partial charge >= 0.3 is 18.2 Å². The molecule has 0 saturated carbocycles. The Hall–Kier alpha value is -3.68. The highest BCUT2D eigenvalue weighted by molar-refractivity contribution is 5.93. The standard InChI is InChI=1S/C20H26N4O4.C2HF3O2/c21-13-15-5-9-18(10-6-15)22-20(27)24(11-1-2-12-25)14-16-3-7-17(8-4-16)19(26)23-28;3-2(4,5)1(6)7/h3-10,25,28H,1-2,11-14,21H2,(H,22,27)(H,23,26);(H,6,7). The Morgan fingerprint density at radius 1 is 0.943 bits per heavy atom. The van der Waals surface area contributed by atoms with Crippen molar-refractivity contribution in [2.24, 2.45) is 5.73 Å². The predicted octanol–water partition coefficient (Wildman–Crippen LogP) is 2.70. The summed E-state index contributed by atoms with van der Waals surface area (Å²) in [6.45, 7) is 1.33. The summed E-state index contributed by atoms with van der Waals surface area (Å²) in [5.74, 6) is -3.35. The molecule has 0 bridgehead atoms. The number of nitrogens with zero attached hydrogens (tertiary/aromatic N) is 1. The number of halogens is 3. The number of carbonyl (C=O) groups excluding carboxylic acids is 2. The number of nitrogens with one attached hydrogen (secondary N) is 2. The second-order valence-electron chi connectivity index (χ2n) is 7.12. The number of unbranched alkanes of at least 4 members (excludes halogenated alkanes) is 1. The highest BCUT2D eigenvalue weighted by Gasteiger charge is 2.38. The fourth-order valence-electron chi connectivity index (χ4n) is 2.64. The molecule has 2 aromatic carbocycles. The van der Waals surface area contributed by atoms with Crippen molar-refractivity contribution in [2.45, 2.75) is 32.1 Å². The van der Waals surface area contributed by atoms with Gasteiger partial charge < -0.3 is 26.2 Å². The average molecular weight is 500 g/mol. The first-order valence-corrected chi connectivity index (χ1v) is 10.3. The van der Waals surface area contributed by atoms with E-state index < -0.39 is 18.1 Å². The number of aliphatic carboxylic acids is 1. The fourth-order valence-corrected chi connectivity index (χ4v) is 2.64. The molecule has 3 amide bonds. The zero-order valence-corrected chi connectivity index (χ0v) is 18.6.